The molecule has 1 heterocycles. The number of halogens is 1. The number of ether oxygens (including phenoxy) is 1. The van der Waals surface area contributed by atoms with Crippen LogP contribution in [0, 0.1) is 13.8 Å². The van der Waals surface area contributed by atoms with Crippen molar-refractivity contribution >= 4 is 50.7 Å². The molecule has 2 rings (SSSR count). The van der Waals surface area contributed by atoms with Crippen LogP contribution in [-0.2, 0) is 14.3 Å². The molecule has 0 fully saturated rings. The maximum atomic E-state index is 12.1. The Bertz CT molecular complexity index is 814. The van der Waals surface area contributed by atoms with Crippen LogP contribution >= 0.6 is 27.3 Å². The summed E-state index contributed by atoms with van der Waals surface area (Å²) in [7, 11) is 0. The number of carbonyl (C=O) groups excluding carboxylic acids is 3. The summed E-state index contributed by atoms with van der Waals surface area (Å²) in [5.74, 6) is -1.47. The first-order valence-electron chi connectivity index (χ1n) is 7.88. The lowest BCUT2D eigenvalue weighted by atomic mass is 10.1. The molecule has 0 aliphatic rings. The molecule has 0 saturated heterocycles. The second kappa shape index (κ2) is 8.95. The van der Waals surface area contributed by atoms with E-state index in [-0.39, 0.29) is 12.5 Å². The first kappa shape index (κ1) is 20.1. The van der Waals surface area contributed by atoms with Crippen molar-refractivity contribution in [2.75, 3.05) is 11.9 Å². The summed E-state index contributed by atoms with van der Waals surface area (Å²) in [6.45, 7) is 5.04. The van der Waals surface area contributed by atoms with Crippen molar-refractivity contribution in [1.82, 2.24) is 5.32 Å². The summed E-state index contributed by atoms with van der Waals surface area (Å²) in [4.78, 5) is 36.4. The molecule has 2 aromatic rings. The lowest BCUT2D eigenvalue weighted by Crippen LogP contribution is -2.40. The summed E-state index contributed by atoms with van der Waals surface area (Å²) in [5.41, 5.74) is 2.61. The highest BCUT2D eigenvalue weighted by Crippen LogP contribution is 2.23. The van der Waals surface area contributed by atoms with E-state index in [2.05, 4.69) is 26.6 Å². The van der Waals surface area contributed by atoms with Gasteiger partial charge in [0.2, 0.25) is 5.91 Å². The Balaban J connectivity index is 1.83. The fraction of sp³-hybridized carbons (Fsp3) is 0.278. The topological polar surface area (TPSA) is 84.5 Å². The van der Waals surface area contributed by atoms with E-state index in [1.807, 2.05) is 32.0 Å². The van der Waals surface area contributed by atoms with Crippen LogP contribution in [0.4, 0.5) is 5.69 Å². The molecular weight excluding hydrogens is 420 g/mol. The van der Waals surface area contributed by atoms with Gasteiger partial charge in [0, 0.05) is 5.69 Å². The number of anilines is 1. The number of amides is 2. The zero-order valence-corrected chi connectivity index (χ0v) is 17.0. The van der Waals surface area contributed by atoms with Gasteiger partial charge in [-0.1, -0.05) is 18.2 Å². The number of aryl methyl sites for hydroxylation is 2. The van der Waals surface area contributed by atoms with Gasteiger partial charge in [-0.15, -0.1) is 11.3 Å². The molecule has 0 aliphatic carbocycles. The first-order chi connectivity index (χ1) is 12.3. The van der Waals surface area contributed by atoms with Crippen LogP contribution in [0.1, 0.15) is 27.7 Å². The van der Waals surface area contributed by atoms with E-state index in [9.17, 15) is 14.4 Å². The molecular formula is C18H19BrN2O4S. The smallest absolute Gasteiger partial charge is 0.349 e. The molecule has 0 spiro atoms. The molecule has 1 atom stereocenters. The van der Waals surface area contributed by atoms with Crippen molar-refractivity contribution in [3.63, 3.8) is 0 Å². The number of thiophene rings is 1. The lowest BCUT2D eigenvalue weighted by molar-refractivity contribution is -0.130. The van der Waals surface area contributed by atoms with E-state index in [1.165, 1.54) is 18.3 Å². The Labute approximate surface area is 164 Å². The van der Waals surface area contributed by atoms with Gasteiger partial charge in [0.25, 0.3) is 5.91 Å². The number of rotatable bonds is 6. The predicted octanol–water partition coefficient (Wildman–Crippen LogP) is 3.43. The van der Waals surface area contributed by atoms with Crippen molar-refractivity contribution < 1.29 is 19.1 Å². The molecule has 1 aromatic carbocycles. The summed E-state index contributed by atoms with van der Waals surface area (Å²) >= 11 is 4.48. The molecule has 1 aromatic heterocycles. The molecule has 8 heteroatoms. The summed E-state index contributed by atoms with van der Waals surface area (Å²) in [6, 6.07) is 9.03. The molecule has 2 N–H and O–H groups in total. The third-order valence-electron chi connectivity index (χ3n) is 3.60. The van der Waals surface area contributed by atoms with Crippen LogP contribution < -0.4 is 10.6 Å². The van der Waals surface area contributed by atoms with Crippen LogP contribution in [0.15, 0.2) is 34.1 Å². The van der Waals surface area contributed by atoms with Crippen LogP contribution in [-0.4, -0.2) is 30.4 Å². The van der Waals surface area contributed by atoms with E-state index in [1.54, 1.807) is 12.1 Å². The van der Waals surface area contributed by atoms with E-state index in [0.717, 1.165) is 20.6 Å². The van der Waals surface area contributed by atoms with Crippen LogP contribution in [0.25, 0.3) is 0 Å². The number of para-hydroxylation sites is 1. The second-order valence-corrected chi connectivity index (χ2v) is 8.15. The van der Waals surface area contributed by atoms with Crippen molar-refractivity contribution in [1.29, 1.82) is 0 Å². The number of carbonyl (C=O) groups is 3. The lowest BCUT2D eigenvalue weighted by Gasteiger charge is -2.14. The average Bonchev–Trinajstić information content (AvgIpc) is 3.02. The van der Waals surface area contributed by atoms with E-state index in [4.69, 9.17) is 4.74 Å². The van der Waals surface area contributed by atoms with Crippen LogP contribution in [0.3, 0.4) is 0 Å². The summed E-state index contributed by atoms with van der Waals surface area (Å²) in [5, 5.41) is 5.25. The summed E-state index contributed by atoms with van der Waals surface area (Å²) < 4.78 is 5.90. The molecule has 0 bridgehead atoms. The van der Waals surface area contributed by atoms with Gasteiger partial charge in [-0.05, 0) is 60.0 Å². The van der Waals surface area contributed by atoms with Crippen LogP contribution in [0.2, 0.25) is 0 Å². The van der Waals surface area contributed by atoms with E-state index in [0.29, 0.717) is 4.88 Å². The number of hydrogen-bond acceptors (Lipinski definition) is 5. The Morgan fingerprint density at radius 3 is 2.38 bits per heavy atom. The Morgan fingerprint density at radius 1 is 1.15 bits per heavy atom. The number of benzene rings is 1. The highest BCUT2D eigenvalue weighted by atomic mass is 79.9. The van der Waals surface area contributed by atoms with Crippen LogP contribution in [0.5, 0.6) is 0 Å². The highest BCUT2D eigenvalue weighted by Gasteiger charge is 2.20. The molecule has 0 radical (unpaired) electrons. The molecule has 1 unspecified atom stereocenters. The SMILES string of the molecule is Cc1cccc(C)c1NC(=O)CNC(=O)C(C)OC(=O)c1ccc(Br)s1. The van der Waals surface area contributed by atoms with Gasteiger partial charge >= 0.3 is 5.97 Å². The molecule has 6 nitrogen and oxygen atoms in total. The third kappa shape index (κ3) is 5.40. The summed E-state index contributed by atoms with van der Waals surface area (Å²) in [6.07, 6.45) is -1.00. The van der Waals surface area contributed by atoms with Crippen molar-refractivity contribution in [2.24, 2.45) is 0 Å². The van der Waals surface area contributed by atoms with Gasteiger partial charge in [0.05, 0.1) is 10.3 Å². The fourth-order valence-corrected chi connectivity index (χ4v) is 3.47. The molecule has 26 heavy (non-hydrogen) atoms. The maximum Gasteiger partial charge on any atom is 0.349 e. The molecule has 0 saturated carbocycles. The number of nitrogens with one attached hydrogen (secondary N) is 2. The van der Waals surface area contributed by atoms with Gasteiger partial charge in [-0.25, -0.2) is 4.79 Å². The standard InChI is InChI=1S/C18H19BrN2O4S/c1-10-5-4-6-11(2)16(10)21-15(22)9-20-17(23)12(3)25-18(24)13-7-8-14(19)26-13/h4-8,12H,9H2,1-3H3,(H,20,23)(H,21,22). The van der Waals surface area contributed by atoms with Crippen molar-refractivity contribution in [2.45, 2.75) is 26.9 Å². The largest absolute Gasteiger partial charge is 0.448 e. The van der Waals surface area contributed by atoms with E-state index >= 15 is 0 Å². The van der Waals surface area contributed by atoms with E-state index < -0.39 is 18.0 Å². The van der Waals surface area contributed by atoms with Gasteiger partial charge < -0.3 is 15.4 Å². The minimum Gasteiger partial charge on any atom is -0.448 e. The van der Waals surface area contributed by atoms with Gasteiger partial charge in [0.15, 0.2) is 6.10 Å². The van der Waals surface area contributed by atoms with Crippen molar-refractivity contribution in [3.8, 4) is 0 Å². The molecule has 2 amide bonds. The Hall–Kier alpha value is -2.19. The van der Waals surface area contributed by atoms with Gasteiger partial charge in [-0.3, -0.25) is 9.59 Å². The minimum atomic E-state index is -1.00. The quantitative estimate of drug-likeness (QED) is 0.676. The average molecular weight is 439 g/mol. The predicted molar refractivity (Wildman–Crippen MR) is 104 cm³/mol. The highest BCUT2D eigenvalue weighted by molar-refractivity contribution is 9.11. The molecule has 138 valence electrons. The maximum absolute atomic E-state index is 12.1. The van der Waals surface area contributed by atoms with Gasteiger partial charge in [-0.2, -0.15) is 0 Å². The monoisotopic (exact) mass is 438 g/mol. The first-order valence-corrected chi connectivity index (χ1v) is 9.49. The Kier molecular flexibility index (Phi) is 6.93. The minimum absolute atomic E-state index is 0.209. The molecule has 0 aliphatic heterocycles. The second-order valence-electron chi connectivity index (χ2n) is 5.68. The fourth-order valence-electron chi connectivity index (χ4n) is 2.20. The zero-order valence-electron chi connectivity index (χ0n) is 14.6. The third-order valence-corrected chi connectivity index (χ3v) is 5.20. The van der Waals surface area contributed by atoms with Gasteiger partial charge in [0.1, 0.15) is 4.88 Å². The Morgan fingerprint density at radius 2 is 1.81 bits per heavy atom. The normalized spacial score (nSPS) is 11.5. The van der Waals surface area contributed by atoms with Crippen molar-refractivity contribution in [3.05, 3.63) is 50.1 Å². The number of esters is 1. The number of hydrogen-bond donors (Lipinski definition) is 2. The zero-order chi connectivity index (χ0) is 19.3.